The van der Waals surface area contributed by atoms with E-state index in [1.165, 1.54) is 37.8 Å². The van der Waals surface area contributed by atoms with Gasteiger partial charge in [-0.2, -0.15) is 10.8 Å². The minimum Gasteiger partial charge on any atom is -0.410 e. The van der Waals surface area contributed by atoms with Gasteiger partial charge in [0.25, 0.3) is 0 Å². The van der Waals surface area contributed by atoms with Crippen LogP contribution in [-0.4, -0.2) is 51.5 Å². The van der Waals surface area contributed by atoms with Crippen molar-refractivity contribution in [3.63, 3.8) is 0 Å². The van der Waals surface area contributed by atoms with E-state index in [0.29, 0.717) is 16.3 Å². The number of nitrogens with zero attached hydrogens (tertiary/aromatic N) is 2. The molecule has 0 N–H and O–H groups in total. The first-order valence-electron chi connectivity index (χ1n) is 9.44. The second kappa shape index (κ2) is 7.03. The first-order chi connectivity index (χ1) is 11.6. The largest absolute Gasteiger partial charge is 0.410 e. The van der Waals surface area contributed by atoms with Gasteiger partial charge in [0.2, 0.25) is 0 Å². The van der Waals surface area contributed by atoms with E-state index in [2.05, 4.69) is 80.5 Å². The Kier molecular flexibility index (Phi) is 5.47. The summed E-state index contributed by atoms with van der Waals surface area (Å²) in [5.74, 6) is 0. The molecule has 1 saturated carbocycles. The SMILES string of the molecule is C=C(C)C1=CC=[S-](=S(N2CC(N(C)C)CC23CCC3)C(C)(C)C)C=C1. The van der Waals surface area contributed by atoms with Crippen LogP contribution in [-0.2, 0) is 18.7 Å². The standard InChI is InChI=1S/C21H35N2S2/c1-17(2)18-9-13-24(14-10-18)25(20(3,4)5)23-16-19(22(6)7)15-21(23)11-8-12-21/h9-10,13-14,19H,1,8,11-12,15-16H2,2-7H3/q-1. The van der Waals surface area contributed by atoms with Crippen molar-refractivity contribution in [2.24, 2.45) is 0 Å². The van der Waals surface area contributed by atoms with Crippen molar-refractivity contribution in [1.29, 1.82) is 0 Å². The van der Waals surface area contributed by atoms with Gasteiger partial charge in [0.05, 0.1) is 0 Å². The Labute approximate surface area is 158 Å². The maximum atomic E-state index is 4.10. The average Bonchev–Trinajstić information content (AvgIpc) is 2.87. The fourth-order valence-electron chi connectivity index (χ4n) is 4.11. The summed E-state index contributed by atoms with van der Waals surface area (Å²) < 4.78 is 3.24. The van der Waals surface area contributed by atoms with Crippen molar-refractivity contribution in [2.75, 3.05) is 20.6 Å². The summed E-state index contributed by atoms with van der Waals surface area (Å²) in [5.41, 5.74) is 2.92. The first kappa shape index (κ1) is 19.5. The van der Waals surface area contributed by atoms with Crippen LogP contribution in [0.4, 0.5) is 0 Å². The van der Waals surface area contributed by atoms with Crippen LogP contribution >= 0.6 is 0 Å². The number of hydrogen-bond donors (Lipinski definition) is 0. The van der Waals surface area contributed by atoms with Crippen LogP contribution in [0.5, 0.6) is 0 Å². The van der Waals surface area contributed by atoms with Crippen LogP contribution < -0.4 is 0 Å². The summed E-state index contributed by atoms with van der Waals surface area (Å²) in [5, 5.41) is 4.93. The molecule has 142 valence electrons. The quantitative estimate of drug-likeness (QED) is 0.534. The fourth-order valence-corrected chi connectivity index (χ4v) is 11.3. The first-order valence-corrected chi connectivity index (χ1v) is 12.5. The van der Waals surface area contributed by atoms with Crippen molar-refractivity contribution in [3.8, 4) is 0 Å². The number of likely N-dealkylation sites (N-methyl/N-ethyl adjacent to an activating group) is 1. The van der Waals surface area contributed by atoms with Crippen LogP contribution in [0, 0.1) is 0 Å². The lowest BCUT2D eigenvalue weighted by Crippen LogP contribution is -2.53. The molecule has 0 bridgehead atoms. The van der Waals surface area contributed by atoms with Gasteiger partial charge in [0.15, 0.2) is 0 Å². The third-order valence-corrected chi connectivity index (χ3v) is 12.7. The Morgan fingerprint density at radius 3 is 2.44 bits per heavy atom. The van der Waals surface area contributed by atoms with Gasteiger partial charge in [-0.25, -0.2) is 9.64 Å². The molecule has 25 heavy (non-hydrogen) atoms. The highest BCUT2D eigenvalue weighted by Crippen LogP contribution is 2.48. The molecule has 2 fully saturated rings. The Morgan fingerprint density at radius 1 is 1.36 bits per heavy atom. The zero-order valence-corrected chi connectivity index (χ0v) is 18.5. The van der Waals surface area contributed by atoms with Crippen molar-refractivity contribution < 1.29 is 0 Å². The van der Waals surface area contributed by atoms with E-state index in [0.717, 1.165) is 5.57 Å². The van der Waals surface area contributed by atoms with Gasteiger partial charge in [-0.1, -0.05) is 45.1 Å². The normalized spacial score (nSPS) is 30.1. The predicted octanol–water partition coefficient (Wildman–Crippen LogP) is 4.24. The van der Waals surface area contributed by atoms with Crippen LogP contribution in [0.2, 0.25) is 0 Å². The topological polar surface area (TPSA) is 6.48 Å². The molecule has 2 unspecified atom stereocenters. The maximum Gasteiger partial charge on any atom is 0.0304 e. The van der Waals surface area contributed by atoms with Crippen LogP contribution in [0.25, 0.3) is 0 Å². The second-order valence-corrected chi connectivity index (χ2v) is 14.5. The molecule has 2 atom stereocenters. The molecule has 1 aliphatic carbocycles. The van der Waals surface area contributed by atoms with Crippen molar-refractivity contribution >= 4 is 24.1 Å². The molecule has 0 aromatic rings. The summed E-state index contributed by atoms with van der Waals surface area (Å²) in [4.78, 5) is 2.45. The molecular weight excluding hydrogens is 344 g/mol. The number of allylic oxidation sites excluding steroid dienone is 4. The van der Waals surface area contributed by atoms with Gasteiger partial charge in [0, 0.05) is 18.1 Å². The highest BCUT2D eigenvalue weighted by Gasteiger charge is 2.50. The van der Waals surface area contributed by atoms with E-state index in [1.54, 1.807) is 0 Å². The average molecular weight is 380 g/mol. The minimum atomic E-state index is 0.191. The molecule has 2 nitrogen and oxygen atoms in total. The zero-order chi connectivity index (χ0) is 18.4. The molecule has 1 spiro atoms. The lowest BCUT2D eigenvalue weighted by Gasteiger charge is -2.53. The molecule has 0 aromatic carbocycles. The van der Waals surface area contributed by atoms with Gasteiger partial charge in [-0.3, -0.25) is 4.31 Å². The molecule has 3 aliphatic rings. The highest BCUT2D eigenvalue weighted by molar-refractivity contribution is 8.43. The number of hydrogen-bond acceptors (Lipinski definition) is 2. The Morgan fingerprint density at radius 2 is 2.04 bits per heavy atom. The van der Waals surface area contributed by atoms with E-state index in [1.807, 2.05) is 0 Å². The van der Waals surface area contributed by atoms with Crippen LogP contribution in [0.15, 0.2) is 35.3 Å². The van der Waals surface area contributed by atoms with Gasteiger partial charge in [0.1, 0.15) is 0 Å². The Bertz CT molecular complexity index is 709. The van der Waals surface area contributed by atoms with E-state index >= 15 is 0 Å². The lowest BCUT2D eigenvalue weighted by molar-refractivity contribution is 0.133. The molecule has 2 heterocycles. The van der Waals surface area contributed by atoms with Crippen molar-refractivity contribution in [1.82, 2.24) is 9.21 Å². The summed E-state index contributed by atoms with van der Waals surface area (Å²) in [6.45, 7) is 14.8. The molecule has 0 radical (unpaired) electrons. The molecule has 0 amide bonds. The predicted molar refractivity (Wildman–Crippen MR) is 118 cm³/mol. The van der Waals surface area contributed by atoms with Gasteiger partial charge in [-0.15, -0.1) is 0 Å². The summed E-state index contributed by atoms with van der Waals surface area (Å²) in [6, 6.07) is 0.705. The molecule has 2 aliphatic heterocycles. The monoisotopic (exact) mass is 379 g/mol. The van der Waals surface area contributed by atoms with E-state index in [-0.39, 0.29) is 18.7 Å². The third-order valence-electron chi connectivity index (χ3n) is 5.70. The van der Waals surface area contributed by atoms with Crippen LogP contribution in [0.1, 0.15) is 53.4 Å². The fraction of sp³-hybridized carbons (Fsp3) is 0.667. The maximum absolute atomic E-state index is 4.10. The molecular formula is C21H35N2S2-. The zero-order valence-electron chi connectivity index (χ0n) is 16.8. The summed E-state index contributed by atoms with van der Waals surface area (Å²) >= 11 is 0. The van der Waals surface area contributed by atoms with Gasteiger partial charge in [-0.05, 0) is 57.0 Å². The summed E-state index contributed by atoms with van der Waals surface area (Å²) in [6.07, 6.45) is 10.2. The molecule has 4 heteroatoms. The molecule has 0 aromatic heterocycles. The second-order valence-electron chi connectivity index (χ2n) is 8.99. The minimum absolute atomic E-state index is 0.191. The van der Waals surface area contributed by atoms with Gasteiger partial charge < -0.3 is 13.9 Å². The van der Waals surface area contributed by atoms with Crippen molar-refractivity contribution in [3.05, 3.63) is 35.3 Å². The third kappa shape index (κ3) is 3.73. The van der Waals surface area contributed by atoms with E-state index in [9.17, 15) is 0 Å². The van der Waals surface area contributed by atoms with E-state index < -0.39 is 0 Å². The van der Waals surface area contributed by atoms with Gasteiger partial charge >= 0.3 is 0 Å². The lowest BCUT2D eigenvalue weighted by atomic mass is 9.75. The van der Waals surface area contributed by atoms with Crippen molar-refractivity contribution in [2.45, 2.75) is 69.7 Å². The summed E-state index contributed by atoms with van der Waals surface area (Å²) in [7, 11) is 4.93. The molecule has 3 rings (SSSR count). The highest BCUT2D eigenvalue weighted by atomic mass is 32.9. The van der Waals surface area contributed by atoms with Crippen LogP contribution in [0.3, 0.4) is 0 Å². The Balaban J connectivity index is 2.08. The van der Waals surface area contributed by atoms with E-state index in [4.69, 9.17) is 0 Å². The molecule has 1 saturated heterocycles. The smallest absolute Gasteiger partial charge is 0.0304 e. The Hall–Kier alpha value is -0.290. The number of rotatable bonds is 3.